The van der Waals surface area contributed by atoms with Crippen LogP contribution in [-0.4, -0.2) is 24.2 Å². The van der Waals surface area contributed by atoms with Crippen LogP contribution in [0, 0.1) is 0 Å². The summed E-state index contributed by atoms with van der Waals surface area (Å²) in [7, 11) is 0. The van der Waals surface area contributed by atoms with Crippen LogP contribution in [0.2, 0.25) is 0 Å². The first kappa shape index (κ1) is 9.01. The lowest BCUT2D eigenvalue weighted by Crippen LogP contribution is -2.50. The van der Waals surface area contributed by atoms with Gasteiger partial charge < -0.3 is 10.6 Å². The zero-order valence-electron chi connectivity index (χ0n) is 8.07. The fraction of sp³-hybridized carbons (Fsp3) is 1.00. The normalized spacial score (nSPS) is 29.7. The van der Waals surface area contributed by atoms with E-state index >= 15 is 0 Å². The average Bonchev–Trinajstić information content (AvgIpc) is 2.10. The Morgan fingerprint density at radius 1 is 1.45 bits per heavy atom. The molecule has 1 fully saturated rings. The molecule has 2 heteroatoms. The Kier molecular flexibility index (Phi) is 2.55. The van der Waals surface area contributed by atoms with E-state index in [1.54, 1.807) is 0 Å². The van der Waals surface area contributed by atoms with Gasteiger partial charge in [-0.25, -0.2) is 0 Å². The molecule has 0 aromatic heterocycles. The van der Waals surface area contributed by atoms with Crippen molar-refractivity contribution in [2.24, 2.45) is 0 Å². The molecule has 2 nitrogen and oxygen atoms in total. The molecule has 1 saturated heterocycles. The standard InChI is InChI=1S/C9H20N2/c1-7(2)11-8-5-6-10-9(8,3)4/h7-8,10-11H,5-6H2,1-4H3. The molecule has 11 heavy (non-hydrogen) atoms. The molecule has 1 heterocycles. The zero-order chi connectivity index (χ0) is 8.48. The number of hydrogen-bond acceptors (Lipinski definition) is 2. The first-order valence-corrected chi connectivity index (χ1v) is 4.53. The highest BCUT2D eigenvalue weighted by molar-refractivity contribution is 4.97. The van der Waals surface area contributed by atoms with E-state index in [9.17, 15) is 0 Å². The fourth-order valence-electron chi connectivity index (χ4n) is 1.72. The second-order valence-corrected chi connectivity index (χ2v) is 4.31. The van der Waals surface area contributed by atoms with Crippen molar-refractivity contribution < 1.29 is 0 Å². The molecule has 1 unspecified atom stereocenters. The van der Waals surface area contributed by atoms with Gasteiger partial charge in [0.1, 0.15) is 0 Å². The van der Waals surface area contributed by atoms with Crippen molar-refractivity contribution in [3.63, 3.8) is 0 Å². The molecule has 1 aliphatic rings. The van der Waals surface area contributed by atoms with Gasteiger partial charge >= 0.3 is 0 Å². The van der Waals surface area contributed by atoms with Crippen LogP contribution in [0.3, 0.4) is 0 Å². The smallest absolute Gasteiger partial charge is 0.0278 e. The Morgan fingerprint density at radius 2 is 2.09 bits per heavy atom. The van der Waals surface area contributed by atoms with Crippen molar-refractivity contribution in [1.82, 2.24) is 10.6 Å². The minimum atomic E-state index is 0.282. The molecule has 1 atom stereocenters. The van der Waals surface area contributed by atoms with Crippen LogP contribution in [0.4, 0.5) is 0 Å². The van der Waals surface area contributed by atoms with E-state index in [-0.39, 0.29) is 5.54 Å². The van der Waals surface area contributed by atoms with Crippen LogP contribution in [0.25, 0.3) is 0 Å². The molecule has 2 N–H and O–H groups in total. The van der Waals surface area contributed by atoms with Crippen LogP contribution in [0.5, 0.6) is 0 Å². The van der Waals surface area contributed by atoms with E-state index in [2.05, 4.69) is 38.3 Å². The summed E-state index contributed by atoms with van der Waals surface area (Å²) in [6.45, 7) is 10.1. The molecular formula is C9H20N2. The second-order valence-electron chi connectivity index (χ2n) is 4.31. The van der Waals surface area contributed by atoms with Crippen molar-refractivity contribution in [1.29, 1.82) is 0 Å². The molecule has 0 saturated carbocycles. The Morgan fingerprint density at radius 3 is 2.45 bits per heavy atom. The summed E-state index contributed by atoms with van der Waals surface area (Å²) in [6.07, 6.45) is 1.26. The summed E-state index contributed by atoms with van der Waals surface area (Å²) in [5.41, 5.74) is 0.282. The molecule has 0 spiro atoms. The van der Waals surface area contributed by atoms with Crippen LogP contribution in [-0.2, 0) is 0 Å². The van der Waals surface area contributed by atoms with E-state index in [0.29, 0.717) is 12.1 Å². The summed E-state index contributed by atoms with van der Waals surface area (Å²) < 4.78 is 0. The fourth-order valence-corrected chi connectivity index (χ4v) is 1.72. The summed E-state index contributed by atoms with van der Waals surface area (Å²) in [5, 5.41) is 7.06. The zero-order valence-corrected chi connectivity index (χ0v) is 8.07. The van der Waals surface area contributed by atoms with Crippen LogP contribution < -0.4 is 10.6 Å². The first-order valence-electron chi connectivity index (χ1n) is 4.53. The van der Waals surface area contributed by atoms with E-state index < -0.39 is 0 Å². The lowest BCUT2D eigenvalue weighted by molar-refractivity contribution is 0.332. The second kappa shape index (κ2) is 3.11. The van der Waals surface area contributed by atoms with E-state index in [1.165, 1.54) is 6.42 Å². The average molecular weight is 156 g/mol. The minimum absolute atomic E-state index is 0.282. The van der Waals surface area contributed by atoms with Gasteiger partial charge in [0.05, 0.1) is 0 Å². The number of nitrogens with one attached hydrogen (secondary N) is 2. The van der Waals surface area contributed by atoms with Gasteiger partial charge in [-0.15, -0.1) is 0 Å². The molecule has 0 aliphatic carbocycles. The first-order chi connectivity index (χ1) is 5.02. The lowest BCUT2D eigenvalue weighted by Gasteiger charge is -2.29. The third kappa shape index (κ3) is 2.17. The number of rotatable bonds is 2. The van der Waals surface area contributed by atoms with Gasteiger partial charge in [-0.3, -0.25) is 0 Å². The maximum absolute atomic E-state index is 3.57. The van der Waals surface area contributed by atoms with Gasteiger partial charge in [0.25, 0.3) is 0 Å². The van der Waals surface area contributed by atoms with Crippen LogP contribution in [0.15, 0.2) is 0 Å². The van der Waals surface area contributed by atoms with Crippen molar-refractivity contribution in [2.75, 3.05) is 6.54 Å². The van der Waals surface area contributed by atoms with Crippen LogP contribution in [0.1, 0.15) is 34.1 Å². The van der Waals surface area contributed by atoms with Crippen LogP contribution >= 0.6 is 0 Å². The van der Waals surface area contributed by atoms with Gasteiger partial charge in [0, 0.05) is 17.6 Å². The third-order valence-electron chi connectivity index (χ3n) is 2.42. The van der Waals surface area contributed by atoms with Crippen molar-refractivity contribution in [2.45, 2.75) is 51.7 Å². The van der Waals surface area contributed by atoms with Gasteiger partial charge in [0.15, 0.2) is 0 Å². The molecule has 1 aliphatic heterocycles. The summed E-state index contributed by atoms with van der Waals surface area (Å²) in [4.78, 5) is 0. The highest BCUT2D eigenvalue weighted by Crippen LogP contribution is 2.18. The summed E-state index contributed by atoms with van der Waals surface area (Å²) >= 11 is 0. The predicted molar refractivity (Wildman–Crippen MR) is 48.8 cm³/mol. The Bertz CT molecular complexity index is 130. The van der Waals surface area contributed by atoms with E-state index in [1.807, 2.05) is 0 Å². The van der Waals surface area contributed by atoms with Gasteiger partial charge in [-0.2, -0.15) is 0 Å². The van der Waals surface area contributed by atoms with Gasteiger partial charge in [-0.05, 0) is 26.8 Å². The molecule has 0 aromatic rings. The Labute approximate surface area is 69.8 Å². The maximum atomic E-state index is 3.57. The monoisotopic (exact) mass is 156 g/mol. The Hall–Kier alpha value is -0.0800. The SMILES string of the molecule is CC(C)NC1CCNC1(C)C. The highest BCUT2D eigenvalue weighted by atomic mass is 15.1. The highest BCUT2D eigenvalue weighted by Gasteiger charge is 2.33. The quantitative estimate of drug-likeness (QED) is 0.626. The van der Waals surface area contributed by atoms with Gasteiger partial charge in [-0.1, -0.05) is 13.8 Å². The van der Waals surface area contributed by atoms with E-state index in [4.69, 9.17) is 0 Å². The largest absolute Gasteiger partial charge is 0.310 e. The molecule has 66 valence electrons. The molecule has 0 amide bonds. The minimum Gasteiger partial charge on any atom is -0.310 e. The number of hydrogen-bond donors (Lipinski definition) is 2. The molecule has 0 bridgehead atoms. The molecule has 0 radical (unpaired) electrons. The Balaban J connectivity index is 2.45. The van der Waals surface area contributed by atoms with Crippen molar-refractivity contribution in [3.8, 4) is 0 Å². The predicted octanol–water partition coefficient (Wildman–Crippen LogP) is 1.12. The summed E-state index contributed by atoms with van der Waals surface area (Å²) in [5.74, 6) is 0. The van der Waals surface area contributed by atoms with Crippen molar-refractivity contribution in [3.05, 3.63) is 0 Å². The van der Waals surface area contributed by atoms with Crippen molar-refractivity contribution >= 4 is 0 Å². The maximum Gasteiger partial charge on any atom is 0.0278 e. The van der Waals surface area contributed by atoms with Gasteiger partial charge in [0.2, 0.25) is 0 Å². The molecule has 1 rings (SSSR count). The third-order valence-corrected chi connectivity index (χ3v) is 2.42. The van der Waals surface area contributed by atoms with E-state index in [0.717, 1.165) is 6.54 Å². The molecular weight excluding hydrogens is 136 g/mol. The molecule has 0 aromatic carbocycles. The summed E-state index contributed by atoms with van der Waals surface area (Å²) in [6, 6.07) is 1.24. The topological polar surface area (TPSA) is 24.1 Å². The lowest BCUT2D eigenvalue weighted by atomic mass is 9.96.